The summed E-state index contributed by atoms with van der Waals surface area (Å²) < 4.78 is 4.39. The van der Waals surface area contributed by atoms with Gasteiger partial charge in [-0.2, -0.15) is 4.37 Å². The van der Waals surface area contributed by atoms with Crippen LogP contribution in [-0.4, -0.2) is 71.5 Å². The van der Waals surface area contributed by atoms with Crippen molar-refractivity contribution < 1.29 is 0 Å². The first-order valence-electron chi connectivity index (χ1n) is 9.98. The van der Waals surface area contributed by atoms with Gasteiger partial charge in [0.25, 0.3) is 0 Å². The average molecular weight is 530 g/mol. The summed E-state index contributed by atoms with van der Waals surface area (Å²) in [4.78, 5) is 18.0. The Kier molecular flexibility index (Phi) is 10.4. The third-order valence-corrected chi connectivity index (χ3v) is 5.51. The van der Waals surface area contributed by atoms with Crippen molar-refractivity contribution in [2.24, 2.45) is 4.99 Å². The van der Waals surface area contributed by atoms with E-state index >= 15 is 0 Å². The van der Waals surface area contributed by atoms with E-state index in [9.17, 15) is 0 Å². The van der Waals surface area contributed by atoms with Gasteiger partial charge in [0.2, 0.25) is 5.13 Å². The second-order valence-electron chi connectivity index (χ2n) is 6.64. The molecule has 2 aromatic rings. The topological polar surface area (TPSA) is 81.6 Å². The molecule has 2 aromatic heterocycles. The lowest BCUT2D eigenvalue weighted by molar-refractivity contribution is 0.372. The maximum absolute atomic E-state index is 4.60. The number of hydrogen-bond acceptors (Lipinski definition) is 7. The number of hydrogen-bond donors (Lipinski definition) is 2. The van der Waals surface area contributed by atoms with Crippen LogP contribution in [0.15, 0.2) is 29.4 Å². The SMILES string of the molecule is CCc1nsc(N2CCN(C(=NC)NCCCCNc3ccccn3)CC2)n1.I. The van der Waals surface area contributed by atoms with E-state index in [2.05, 4.69) is 46.7 Å². The molecule has 0 aliphatic carbocycles. The molecule has 10 heteroatoms. The van der Waals surface area contributed by atoms with Gasteiger partial charge in [0, 0.05) is 70.5 Å². The minimum Gasteiger partial charge on any atom is -0.370 e. The Morgan fingerprint density at radius 3 is 2.62 bits per heavy atom. The predicted molar refractivity (Wildman–Crippen MR) is 132 cm³/mol. The lowest BCUT2D eigenvalue weighted by Crippen LogP contribution is -2.52. The highest BCUT2D eigenvalue weighted by molar-refractivity contribution is 14.0. The van der Waals surface area contributed by atoms with Crippen molar-refractivity contribution in [1.82, 2.24) is 24.6 Å². The Labute approximate surface area is 194 Å². The lowest BCUT2D eigenvalue weighted by Gasteiger charge is -2.36. The minimum atomic E-state index is 0. The zero-order valence-corrected chi connectivity index (χ0v) is 20.3. The van der Waals surface area contributed by atoms with Crippen LogP contribution in [0.1, 0.15) is 25.6 Å². The lowest BCUT2D eigenvalue weighted by atomic mass is 10.3. The maximum Gasteiger partial charge on any atom is 0.205 e. The molecule has 3 rings (SSSR count). The van der Waals surface area contributed by atoms with Crippen LogP contribution in [0.25, 0.3) is 0 Å². The molecule has 160 valence electrons. The Bertz CT molecular complexity index is 731. The highest BCUT2D eigenvalue weighted by Crippen LogP contribution is 2.19. The van der Waals surface area contributed by atoms with E-state index in [0.717, 1.165) is 81.3 Å². The number of nitrogens with one attached hydrogen (secondary N) is 2. The molecule has 1 saturated heterocycles. The number of guanidine groups is 1. The molecule has 0 radical (unpaired) electrons. The van der Waals surface area contributed by atoms with Gasteiger partial charge in [-0.1, -0.05) is 13.0 Å². The number of aromatic nitrogens is 3. The number of unbranched alkanes of at least 4 members (excludes halogenated alkanes) is 1. The van der Waals surface area contributed by atoms with Crippen LogP contribution in [-0.2, 0) is 6.42 Å². The molecule has 0 aromatic carbocycles. The van der Waals surface area contributed by atoms with Crippen LogP contribution in [0.4, 0.5) is 10.9 Å². The Morgan fingerprint density at radius 2 is 1.97 bits per heavy atom. The second kappa shape index (κ2) is 12.8. The molecule has 0 saturated carbocycles. The molecule has 2 N–H and O–H groups in total. The zero-order valence-electron chi connectivity index (χ0n) is 17.2. The van der Waals surface area contributed by atoms with Crippen molar-refractivity contribution in [3.05, 3.63) is 30.2 Å². The number of piperazine rings is 1. The molecule has 29 heavy (non-hydrogen) atoms. The predicted octanol–water partition coefficient (Wildman–Crippen LogP) is 2.70. The van der Waals surface area contributed by atoms with Crippen molar-refractivity contribution in [3.63, 3.8) is 0 Å². The smallest absolute Gasteiger partial charge is 0.205 e. The minimum absolute atomic E-state index is 0. The first-order valence-corrected chi connectivity index (χ1v) is 10.8. The van der Waals surface area contributed by atoms with Crippen molar-refractivity contribution >= 4 is 52.4 Å². The quantitative estimate of drug-likeness (QED) is 0.235. The number of aryl methyl sites for hydroxylation is 1. The van der Waals surface area contributed by atoms with E-state index in [1.807, 2.05) is 25.2 Å². The Hall–Kier alpha value is -1.69. The molecule has 3 heterocycles. The summed E-state index contributed by atoms with van der Waals surface area (Å²) in [6.07, 6.45) is 4.88. The normalized spacial score (nSPS) is 14.5. The third-order valence-electron chi connectivity index (χ3n) is 4.69. The molecular weight excluding hydrogens is 499 g/mol. The van der Waals surface area contributed by atoms with Crippen molar-refractivity contribution in [2.45, 2.75) is 26.2 Å². The van der Waals surface area contributed by atoms with E-state index in [1.165, 1.54) is 11.5 Å². The summed E-state index contributed by atoms with van der Waals surface area (Å²) in [7, 11) is 1.86. The van der Waals surface area contributed by atoms with E-state index in [-0.39, 0.29) is 24.0 Å². The van der Waals surface area contributed by atoms with Crippen LogP contribution in [0.2, 0.25) is 0 Å². The second-order valence-corrected chi connectivity index (χ2v) is 7.37. The summed E-state index contributed by atoms with van der Waals surface area (Å²) in [6, 6.07) is 5.91. The summed E-state index contributed by atoms with van der Waals surface area (Å²) >= 11 is 1.51. The van der Waals surface area contributed by atoms with Gasteiger partial charge in [-0.15, -0.1) is 24.0 Å². The van der Waals surface area contributed by atoms with E-state index in [4.69, 9.17) is 0 Å². The summed E-state index contributed by atoms with van der Waals surface area (Å²) in [5.41, 5.74) is 0. The van der Waals surface area contributed by atoms with Gasteiger partial charge in [0.05, 0.1) is 0 Å². The van der Waals surface area contributed by atoms with Crippen LogP contribution < -0.4 is 15.5 Å². The molecule has 8 nitrogen and oxygen atoms in total. The van der Waals surface area contributed by atoms with Crippen molar-refractivity contribution in [3.8, 4) is 0 Å². The van der Waals surface area contributed by atoms with Crippen LogP contribution >= 0.6 is 35.5 Å². The largest absolute Gasteiger partial charge is 0.370 e. The van der Waals surface area contributed by atoms with Gasteiger partial charge in [-0.05, 0) is 25.0 Å². The van der Waals surface area contributed by atoms with Crippen molar-refractivity contribution in [2.75, 3.05) is 56.5 Å². The number of rotatable bonds is 8. The monoisotopic (exact) mass is 530 g/mol. The first-order chi connectivity index (χ1) is 13.8. The van der Waals surface area contributed by atoms with Gasteiger partial charge in [-0.3, -0.25) is 4.99 Å². The molecule has 1 fully saturated rings. The highest BCUT2D eigenvalue weighted by atomic mass is 127. The molecule has 0 amide bonds. The van der Waals surface area contributed by atoms with Gasteiger partial charge >= 0.3 is 0 Å². The Balaban J connectivity index is 0.00000300. The van der Waals surface area contributed by atoms with E-state index < -0.39 is 0 Å². The maximum atomic E-state index is 4.60. The fourth-order valence-electron chi connectivity index (χ4n) is 3.09. The first kappa shape index (κ1) is 23.6. The standard InChI is InChI=1S/C19H30N8S.HI/c1-3-16-24-19(28-25-16)27-14-12-26(13-15-27)18(20-2)23-11-7-6-10-22-17-8-4-5-9-21-17;/h4-5,8-9H,3,6-7,10-15H2,1-2H3,(H,20,23)(H,21,22);1H. The Morgan fingerprint density at radius 1 is 1.17 bits per heavy atom. The summed E-state index contributed by atoms with van der Waals surface area (Å²) in [5.74, 6) is 2.87. The van der Waals surface area contributed by atoms with Gasteiger partial charge < -0.3 is 20.4 Å². The molecule has 0 spiro atoms. The number of anilines is 2. The average Bonchev–Trinajstić information content (AvgIpc) is 3.24. The number of aliphatic imine (C=N–C) groups is 1. The summed E-state index contributed by atoms with van der Waals surface area (Å²) in [5, 5.41) is 7.88. The number of halogens is 1. The highest BCUT2D eigenvalue weighted by Gasteiger charge is 2.21. The van der Waals surface area contributed by atoms with Crippen LogP contribution in [0.3, 0.4) is 0 Å². The van der Waals surface area contributed by atoms with Crippen LogP contribution in [0, 0.1) is 0 Å². The zero-order chi connectivity index (χ0) is 19.6. The van der Waals surface area contributed by atoms with E-state index in [0.29, 0.717) is 0 Å². The molecule has 0 atom stereocenters. The molecule has 1 aliphatic heterocycles. The number of pyridine rings is 1. The van der Waals surface area contributed by atoms with E-state index in [1.54, 1.807) is 6.20 Å². The fraction of sp³-hybridized carbons (Fsp3) is 0.579. The van der Waals surface area contributed by atoms with Crippen molar-refractivity contribution in [1.29, 1.82) is 0 Å². The third kappa shape index (κ3) is 7.25. The molecule has 0 unspecified atom stereocenters. The summed E-state index contributed by atoms with van der Waals surface area (Å²) in [6.45, 7) is 7.74. The van der Waals surface area contributed by atoms with Gasteiger partial charge in [-0.25, -0.2) is 9.97 Å². The number of nitrogens with zero attached hydrogens (tertiary/aromatic N) is 6. The molecular formula is C19H31IN8S. The van der Waals surface area contributed by atoms with Crippen LogP contribution in [0.5, 0.6) is 0 Å². The van der Waals surface area contributed by atoms with Gasteiger partial charge in [0.15, 0.2) is 5.96 Å². The molecule has 0 bridgehead atoms. The van der Waals surface area contributed by atoms with Gasteiger partial charge in [0.1, 0.15) is 11.6 Å². The molecule has 1 aliphatic rings. The fourth-order valence-corrected chi connectivity index (χ4v) is 3.89.